The lowest BCUT2D eigenvalue weighted by molar-refractivity contribution is 0.432. The molecule has 0 unspecified atom stereocenters. The molecule has 1 aromatic carbocycles. The van der Waals surface area contributed by atoms with Crippen LogP contribution in [0, 0.1) is 0 Å². The summed E-state index contributed by atoms with van der Waals surface area (Å²) in [6, 6.07) is 15.3. The van der Waals surface area contributed by atoms with Crippen molar-refractivity contribution in [2.45, 2.75) is 0 Å². The van der Waals surface area contributed by atoms with E-state index in [1.807, 2.05) is 48.5 Å². The van der Waals surface area contributed by atoms with Crippen LogP contribution in [0.3, 0.4) is 0 Å². The van der Waals surface area contributed by atoms with Crippen molar-refractivity contribution < 1.29 is 4.52 Å². The van der Waals surface area contributed by atoms with Crippen LogP contribution < -0.4 is 0 Å². The maximum atomic E-state index is 5.38. The van der Waals surface area contributed by atoms with E-state index in [4.69, 9.17) is 4.52 Å². The molecule has 0 aliphatic heterocycles. The van der Waals surface area contributed by atoms with Crippen LogP contribution in [0.4, 0.5) is 0 Å². The Morgan fingerprint density at radius 2 is 1.76 bits per heavy atom. The molecule has 0 radical (unpaired) electrons. The number of aromatic nitrogens is 4. The number of benzene rings is 1. The van der Waals surface area contributed by atoms with Crippen molar-refractivity contribution >= 4 is 10.9 Å². The number of nitrogens with zero attached hydrogens (tertiary/aromatic N) is 4. The average molecular weight is 274 g/mol. The van der Waals surface area contributed by atoms with E-state index in [9.17, 15) is 0 Å². The average Bonchev–Trinajstić information content (AvgIpc) is 3.05. The summed E-state index contributed by atoms with van der Waals surface area (Å²) < 4.78 is 5.38. The number of rotatable bonds is 2. The molecule has 5 nitrogen and oxygen atoms in total. The predicted molar refractivity (Wildman–Crippen MR) is 78.3 cm³/mol. The van der Waals surface area contributed by atoms with Crippen molar-refractivity contribution in [2.24, 2.45) is 0 Å². The highest BCUT2D eigenvalue weighted by Gasteiger charge is 2.13. The minimum Gasteiger partial charge on any atom is -0.334 e. The highest BCUT2D eigenvalue weighted by molar-refractivity contribution is 5.92. The SMILES string of the molecule is c1ccc(-c2noc(-c3cccc4ncccc34)n2)nc1. The van der Waals surface area contributed by atoms with E-state index in [0.29, 0.717) is 17.4 Å². The molecule has 21 heavy (non-hydrogen) atoms. The Balaban J connectivity index is 1.85. The Bertz CT molecular complexity index is 897. The highest BCUT2D eigenvalue weighted by atomic mass is 16.5. The molecule has 0 spiro atoms. The molecule has 0 saturated heterocycles. The summed E-state index contributed by atoms with van der Waals surface area (Å²) in [4.78, 5) is 13.0. The lowest BCUT2D eigenvalue weighted by Gasteiger charge is -2.00. The maximum absolute atomic E-state index is 5.38. The standard InChI is InChI=1S/C16H10N4O/c1-2-9-18-14(7-1)15-19-16(21-20-15)12-5-3-8-13-11(12)6-4-10-17-13/h1-10H. The fourth-order valence-corrected chi connectivity index (χ4v) is 2.22. The third-order valence-corrected chi connectivity index (χ3v) is 3.20. The minimum atomic E-state index is 0.467. The Hall–Kier alpha value is -3.08. The zero-order valence-corrected chi connectivity index (χ0v) is 11.0. The molecule has 3 aromatic heterocycles. The van der Waals surface area contributed by atoms with Gasteiger partial charge in [-0.05, 0) is 30.3 Å². The Labute approximate surface area is 120 Å². The number of pyridine rings is 2. The Morgan fingerprint density at radius 3 is 2.67 bits per heavy atom. The first-order chi connectivity index (χ1) is 10.4. The molecule has 0 saturated carbocycles. The van der Waals surface area contributed by atoms with Crippen LogP contribution in [-0.4, -0.2) is 20.1 Å². The van der Waals surface area contributed by atoms with Crippen molar-refractivity contribution in [1.82, 2.24) is 20.1 Å². The van der Waals surface area contributed by atoms with Crippen LogP contribution in [0.15, 0.2) is 65.4 Å². The zero-order valence-electron chi connectivity index (χ0n) is 11.0. The van der Waals surface area contributed by atoms with Gasteiger partial charge in [-0.25, -0.2) is 0 Å². The predicted octanol–water partition coefficient (Wildman–Crippen LogP) is 3.35. The van der Waals surface area contributed by atoms with Crippen LogP contribution in [0.25, 0.3) is 33.9 Å². The summed E-state index contributed by atoms with van der Waals surface area (Å²) in [7, 11) is 0. The molecular formula is C16H10N4O. The lowest BCUT2D eigenvalue weighted by Crippen LogP contribution is -1.85. The summed E-state index contributed by atoms with van der Waals surface area (Å²) in [5.74, 6) is 0.945. The summed E-state index contributed by atoms with van der Waals surface area (Å²) in [5, 5.41) is 4.98. The van der Waals surface area contributed by atoms with Gasteiger partial charge in [-0.15, -0.1) is 0 Å². The van der Waals surface area contributed by atoms with Gasteiger partial charge in [-0.1, -0.05) is 23.4 Å². The number of hydrogen-bond donors (Lipinski definition) is 0. The first kappa shape index (κ1) is 11.7. The second-order valence-corrected chi connectivity index (χ2v) is 4.51. The van der Waals surface area contributed by atoms with Crippen LogP contribution in [0.2, 0.25) is 0 Å². The molecular weight excluding hydrogens is 264 g/mol. The van der Waals surface area contributed by atoms with Gasteiger partial charge < -0.3 is 4.52 Å². The van der Waals surface area contributed by atoms with E-state index in [1.165, 1.54) is 0 Å². The van der Waals surface area contributed by atoms with Gasteiger partial charge in [0.25, 0.3) is 5.89 Å². The second-order valence-electron chi connectivity index (χ2n) is 4.51. The molecule has 0 aliphatic carbocycles. The Kier molecular flexibility index (Phi) is 2.67. The molecule has 0 aliphatic rings. The monoisotopic (exact) mass is 274 g/mol. The van der Waals surface area contributed by atoms with Gasteiger partial charge in [0.1, 0.15) is 5.69 Å². The maximum Gasteiger partial charge on any atom is 0.258 e. The molecule has 0 atom stereocenters. The normalized spacial score (nSPS) is 10.9. The molecule has 0 bridgehead atoms. The number of fused-ring (bicyclic) bond motifs is 1. The summed E-state index contributed by atoms with van der Waals surface area (Å²) in [6.07, 6.45) is 3.46. The molecule has 0 amide bonds. The van der Waals surface area contributed by atoms with Gasteiger partial charge in [0, 0.05) is 23.3 Å². The fourth-order valence-electron chi connectivity index (χ4n) is 2.22. The largest absolute Gasteiger partial charge is 0.334 e. The highest BCUT2D eigenvalue weighted by Crippen LogP contribution is 2.27. The first-order valence-corrected chi connectivity index (χ1v) is 6.51. The van der Waals surface area contributed by atoms with Crippen molar-refractivity contribution in [3.8, 4) is 23.0 Å². The molecule has 0 fully saturated rings. The van der Waals surface area contributed by atoms with Gasteiger partial charge in [-0.3, -0.25) is 9.97 Å². The van der Waals surface area contributed by atoms with Gasteiger partial charge in [0.05, 0.1) is 5.52 Å². The molecule has 4 rings (SSSR count). The van der Waals surface area contributed by atoms with E-state index >= 15 is 0 Å². The van der Waals surface area contributed by atoms with E-state index in [2.05, 4.69) is 20.1 Å². The third-order valence-electron chi connectivity index (χ3n) is 3.20. The van der Waals surface area contributed by atoms with Crippen molar-refractivity contribution in [1.29, 1.82) is 0 Å². The fraction of sp³-hybridized carbons (Fsp3) is 0. The molecule has 5 heteroatoms. The zero-order chi connectivity index (χ0) is 14.1. The lowest BCUT2D eigenvalue weighted by atomic mass is 10.1. The van der Waals surface area contributed by atoms with Crippen molar-refractivity contribution in [3.63, 3.8) is 0 Å². The third kappa shape index (κ3) is 2.04. The Morgan fingerprint density at radius 1 is 0.810 bits per heavy atom. The minimum absolute atomic E-state index is 0.467. The summed E-state index contributed by atoms with van der Waals surface area (Å²) in [6.45, 7) is 0. The van der Waals surface area contributed by atoms with Gasteiger partial charge in [0.2, 0.25) is 5.82 Å². The topological polar surface area (TPSA) is 64.7 Å². The van der Waals surface area contributed by atoms with E-state index < -0.39 is 0 Å². The van der Waals surface area contributed by atoms with Gasteiger partial charge >= 0.3 is 0 Å². The van der Waals surface area contributed by atoms with Crippen molar-refractivity contribution in [3.05, 3.63) is 60.9 Å². The smallest absolute Gasteiger partial charge is 0.258 e. The van der Waals surface area contributed by atoms with Crippen LogP contribution in [-0.2, 0) is 0 Å². The first-order valence-electron chi connectivity index (χ1n) is 6.51. The second kappa shape index (κ2) is 4.79. The van der Waals surface area contributed by atoms with Crippen LogP contribution >= 0.6 is 0 Å². The van der Waals surface area contributed by atoms with Gasteiger partial charge in [0.15, 0.2) is 0 Å². The molecule has 100 valence electrons. The summed E-state index contributed by atoms with van der Waals surface area (Å²) >= 11 is 0. The summed E-state index contributed by atoms with van der Waals surface area (Å²) in [5.41, 5.74) is 2.45. The van der Waals surface area contributed by atoms with E-state index in [-0.39, 0.29) is 0 Å². The van der Waals surface area contributed by atoms with E-state index in [0.717, 1.165) is 16.5 Å². The van der Waals surface area contributed by atoms with Gasteiger partial charge in [-0.2, -0.15) is 4.98 Å². The van der Waals surface area contributed by atoms with Crippen molar-refractivity contribution in [2.75, 3.05) is 0 Å². The quantitative estimate of drug-likeness (QED) is 0.561. The van der Waals surface area contributed by atoms with Crippen LogP contribution in [0.5, 0.6) is 0 Å². The number of hydrogen-bond acceptors (Lipinski definition) is 5. The van der Waals surface area contributed by atoms with Crippen LogP contribution in [0.1, 0.15) is 0 Å². The molecule has 3 heterocycles. The van der Waals surface area contributed by atoms with E-state index in [1.54, 1.807) is 12.4 Å². The molecule has 0 N–H and O–H groups in total. The molecule has 4 aromatic rings.